The summed E-state index contributed by atoms with van der Waals surface area (Å²) in [5, 5.41) is 14.4. The summed E-state index contributed by atoms with van der Waals surface area (Å²) in [5.74, 6) is 0.666. The van der Waals surface area contributed by atoms with E-state index in [-0.39, 0.29) is 5.89 Å². The largest absolute Gasteiger partial charge is 0.418 e. The third-order valence-corrected chi connectivity index (χ3v) is 4.57. The van der Waals surface area contributed by atoms with E-state index in [4.69, 9.17) is 16.0 Å². The molecule has 4 aromatic rings. The SMILES string of the molecule is O=C(Nc1ccccc1Cl)NC(c1ccccc1)c1nnc(-c2ccccc2)o1. The maximum absolute atomic E-state index is 12.6. The van der Waals surface area contributed by atoms with Gasteiger partial charge in [0, 0.05) is 5.56 Å². The maximum atomic E-state index is 12.6. The van der Waals surface area contributed by atoms with Crippen LogP contribution in [0.2, 0.25) is 5.02 Å². The molecule has 4 rings (SSSR count). The summed E-state index contributed by atoms with van der Waals surface area (Å²) >= 11 is 6.13. The number of benzene rings is 3. The van der Waals surface area contributed by atoms with E-state index in [0.717, 1.165) is 11.1 Å². The molecule has 2 amide bonds. The van der Waals surface area contributed by atoms with Crippen molar-refractivity contribution in [1.82, 2.24) is 15.5 Å². The van der Waals surface area contributed by atoms with E-state index < -0.39 is 12.1 Å². The van der Waals surface area contributed by atoms with Crippen molar-refractivity contribution >= 4 is 23.3 Å². The van der Waals surface area contributed by atoms with E-state index in [1.54, 1.807) is 24.3 Å². The molecule has 0 saturated heterocycles. The minimum atomic E-state index is -0.622. The van der Waals surface area contributed by atoms with Crippen LogP contribution < -0.4 is 10.6 Å². The number of rotatable bonds is 5. The molecule has 1 heterocycles. The minimum Gasteiger partial charge on any atom is -0.418 e. The van der Waals surface area contributed by atoms with E-state index in [1.807, 2.05) is 60.7 Å². The zero-order valence-corrected chi connectivity index (χ0v) is 16.0. The highest BCUT2D eigenvalue weighted by Crippen LogP contribution is 2.26. The fraction of sp³-hybridized carbons (Fsp3) is 0.0455. The molecule has 0 aliphatic carbocycles. The van der Waals surface area contributed by atoms with Gasteiger partial charge in [-0.2, -0.15) is 0 Å². The number of carbonyl (C=O) groups is 1. The Labute approximate surface area is 172 Å². The van der Waals surface area contributed by atoms with Gasteiger partial charge < -0.3 is 15.1 Å². The van der Waals surface area contributed by atoms with E-state index in [1.165, 1.54) is 0 Å². The Morgan fingerprint density at radius 1 is 0.862 bits per heavy atom. The lowest BCUT2D eigenvalue weighted by atomic mass is 10.1. The number of aromatic nitrogens is 2. The number of hydrogen-bond acceptors (Lipinski definition) is 4. The molecular weight excluding hydrogens is 388 g/mol. The summed E-state index contributed by atoms with van der Waals surface area (Å²) < 4.78 is 5.87. The van der Waals surface area contributed by atoms with Crippen molar-refractivity contribution in [2.75, 3.05) is 5.32 Å². The zero-order chi connectivity index (χ0) is 20.1. The molecule has 1 atom stereocenters. The predicted molar refractivity (Wildman–Crippen MR) is 112 cm³/mol. The van der Waals surface area contributed by atoms with E-state index in [0.29, 0.717) is 16.6 Å². The molecule has 0 bridgehead atoms. The molecule has 0 spiro atoms. The van der Waals surface area contributed by atoms with Crippen LogP contribution >= 0.6 is 11.6 Å². The first-order valence-electron chi connectivity index (χ1n) is 8.96. The van der Waals surface area contributed by atoms with Gasteiger partial charge in [-0.15, -0.1) is 10.2 Å². The Kier molecular flexibility index (Phi) is 5.54. The summed E-state index contributed by atoms with van der Waals surface area (Å²) in [6, 6.07) is 24.8. The smallest absolute Gasteiger partial charge is 0.320 e. The van der Waals surface area contributed by atoms with Crippen molar-refractivity contribution in [3.8, 4) is 11.5 Å². The standard InChI is InChI=1S/C22H17ClN4O2/c23-17-13-7-8-14-18(17)24-22(28)25-19(15-9-3-1-4-10-15)21-27-26-20(29-21)16-11-5-2-6-12-16/h1-14,19H,(H2,24,25,28). The molecule has 6 nitrogen and oxygen atoms in total. The van der Waals surface area contributed by atoms with Crippen LogP contribution in [0.1, 0.15) is 17.5 Å². The Morgan fingerprint density at radius 3 is 2.24 bits per heavy atom. The molecule has 1 aromatic heterocycles. The van der Waals surface area contributed by atoms with Gasteiger partial charge in [-0.05, 0) is 29.8 Å². The predicted octanol–water partition coefficient (Wildman–Crippen LogP) is 5.30. The molecule has 0 fully saturated rings. The van der Waals surface area contributed by atoms with E-state index in [2.05, 4.69) is 20.8 Å². The Morgan fingerprint density at radius 2 is 1.52 bits per heavy atom. The highest BCUT2D eigenvalue weighted by molar-refractivity contribution is 6.33. The van der Waals surface area contributed by atoms with Crippen LogP contribution in [-0.4, -0.2) is 16.2 Å². The van der Waals surface area contributed by atoms with Gasteiger partial charge in [0.2, 0.25) is 11.8 Å². The van der Waals surface area contributed by atoms with Crippen molar-refractivity contribution in [3.05, 3.63) is 101 Å². The van der Waals surface area contributed by atoms with Gasteiger partial charge in [0.25, 0.3) is 0 Å². The molecule has 144 valence electrons. The number of nitrogens with zero attached hydrogens (tertiary/aromatic N) is 2. The Hall–Kier alpha value is -3.64. The second-order valence-corrected chi connectivity index (χ2v) is 6.64. The first-order chi connectivity index (χ1) is 14.2. The lowest BCUT2D eigenvalue weighted by molar-refractivity contribution is 0.248. The van der Waals surface area contributed by atoms with E-state index in [9.17, 15) is 4.79 Å². The summed E-state index contributed by atoms with van der Waals surface area (Å²) in [6.45, 7) is 0. The molecule has 7 heteroatoms. The third-order valence-electron chi connectivity index (χ3n) is 4.24. The maximum Gasteiger partial charge on any atom is 0.320 e. The zero-order valence-electron chi connectivity index (χ0n) is 15.2. The van der Waals surface area contributed by atoms with Gasteiger partial charge in [-0.25, -0.2) is 4.79 Å². The van der Waals surface area contributed by atoms with Crippen LogP contribution in [0.15, 0.2) is 89.3 Å². The minimum absolute atomic E-state index is 0.282. The highest BCUT2D eigenvalue weighted by Gasteiger charge is 2.23. The van der Waals surface area contributed by atoms with Crippen molar-refractivity contribution in [3.63, 3.8) is 0 Å². The van der Waals surface area contributed by atoms with Crippen LogP contribution in [0.25, 0.3) is 11.5 Å². The van der Waals surface area contributed by atoms with Crippen molar-refractivity contribution in [1.29, 1.82) is 0 Å². The van der Waals surface area contributed by atoms with Crippen molar-refractivity contribution in [2.45, 2.75) is 6.04 Å². The number of carbonyl (C=O) groups excluding carboxylic acids is 1. The molecule has 0 radical (unpaired) electrons. The van der Waals surface area contributed by atoms with Crippen LogP contribution in [0.4, 0.5) is 10.5 Å². The fourth-order valence-electron chi connectivity index (χ4n) is 2.83. The second kappa shape index (κ2) is 8.58. The van der Waals surface area contributed by atoms with Gasteiger partial charge in [0.1, 0.15) is 6.04 Å². The first kappa shape index (κ1) is 18.7. The number of amides is 2. The van der Waals surface area contributed by atoms with Gasteiger partial charge in [0.05, 0.1) is 10.7 Å². The molecular formula is C22H17ClN4O2. The third kappa shape index (κ3) is 4.44. The van der Waals surface area contributed by atoms with Gasteiger partial charge >= 0.3 is 6.03 Å². The molecule has 1 unspecified atom stereocenters. The number of para-hydroxylation sites is 1. The second-order valence-electron chi connectivity index (χ2n) is 6.23. The highest BCUT2D eigenvalue weighted by atomic mass is 35.5. The monoisotopic (exact) mass is 404 g/mol. The number of anilines is 1. The topological polar surface area (TPSA) is 80.0 Å². The summed E-state index contributed by atoms with van der Waals surface area (Å²) in [5.41, 5.74) is 2.12. The molecule has 2 N–H and O–H groups in total. The van der Waals surface area contributed by atoms with Crippen LogP contribution in [0, 0.1) is 0 Å². The van der Waals surface area contributed by atoms with Gasteiger partial charge in [-0.3, -0.25) is 0 Å². The van der Waals surface area contributed by atoms with Crippen molar-refractivity contribution < 1.29 is 9.21 Å². The lowest BCUT2D eigenvalue weighted by Crippen LogP contribution is -2.33. The first-order valence-corrected chi connectivity index (χ1v) is 9.34. The number of urea groups is 1. The summed E-state index contributed by atoms with van der Waals surface area (Å²) in [4.78, 5) is 12.6. The quantitative estimate of drug-likeness (QED) is 0.473. The van der Waals surface area contributed by atoms with E-state index >= 15 is 0 Å². The Bertz CT molecular complexity index is 1100. The van der Waals surface area contributed by atoms with Gasteiger partial charge in [-0.1, -0.05) is 72.3 Å². The summed E-state index contributed by atoms with van der Waals surface area (Å²) in [7, 11) is 0. The molecule has 0 aliphatic heterocycles. The fourth-order valence-corrected chi connectivity index (χ4v) is 3.02. The average molecular weight is 405 g/mol. The van der Waals surface area contributed by atoms with Crippen LogP contribution in [0.3, 0.4) is 0 Å². The molecule has 0 aliphatic rings. The van der Waals surface area contributed by atoms with Crippen molar-refractivity contribution in [2.24, 2.45) is 0 Å². The van der Waals surface area contributed by atoms with Gasteiger partial charge in [0.15, 0.2) is 0 Å². The number of hydrogen-bond donors (Lipinski definition) is 2. The summed E-state index contributed by atoms with van der Waals surface area (Å²) in [6.07, 6.45) is 0. The van der Waals surface area contributed by atoms with Crippen LogP contribution in [-0.2, 0) is 0 Å². The number of nitrogens with one attached hydrogen (secondary N) is 2. The molecule has 29 heavy (non-hydrogen) atoms. The lowest BCUT2D eigenvalue weighted by Gasteiger charge is -2.16. The molecule has 0 saturated carbocycles. The Balaban J connectivity index is 1.60. The van der Waals surface area contributed by atoms with Crippen LogP contribution in [0.5, 0.6) is 0 Å². The number of halogens is 1. The molecule has 3 aromatic carbocycles. The average Bonchev–Trinajstić information content (AvgIpc) is 3.25. The normalized spacial score (nSPS) is 11.6.